The largest absolute Gasteiger partial charge is 0.0648 e. The molecule has 0 aliphatic rings. The molecule has 0 unspecified atom stereocenters. The Morgan fingerprint density at radius 1 is 0.737 bits per heavy atom. The van der Waals surface area contributed by atoms with Crippen LogP contribution in [-0.2, 0) is 0 Å². The molecule has 0 bridgehead atoms. The lowest BCUT2D eigenvalue weighted by Gasteiger charge is -2.17. The van der Waals surface area contributed by atoms with E-state index in [2.05, 4.69) is 68.4 Å². The normalized spacial score (nSPS) is 11.5. The van der Waals surface area contributed by atoms with Crippen molar-refractivity contribution in [1.82, 2.24) is 0 Å². The van der Waals surface area contributed by atoms with Crippen LogP contribution in [-0.4, -0.2) is 0 Å². The Balaban J connectivity index is 2.42. The summed E-state index contributed by atoms with van der Waals surface area (Å²) >= 11 is 0. The Morgan fingerprint density at radius 2 is 1.32 bits per heavy atom. The van der Waals surface area contributed by atoms with Crippen molar-refractivity contribution in [2.45, 2.75) is 32.6 Å². The molecule has 0 spiro atoms. The van der Waals surface area contributed by atoms with Crippen LogP contribution in [0.4, 0.5) is 0 Å². The fraction of sp³-hybridized carbons (Fsp3) is 0.263. The quantitative estimate of drug-likeness (QED) is 0.506. The van der Waals surface area contributed by atoms with Crippen LogP contribution >= 0.6 is 0 Å². The Bertz CT molecular complexity index is 705. The van der Waals surface area contributed by atoms with Gasteiger partial charge >= 0.3 is 0 Å². The molecule has 0 aromatic heterocycles. The first kappa shape index (κ1) is 12.2. The van der Waals surface area contributed by atoms with E-state index in [1.54, 1.807) is 0 Å². The van der Waals surface area contributed by atoms with Gasteiger partial charge in [0.25, 0.3) is 0 Å². The predicted octanol–water partition coefficient (Wildman–Crippen LogP) is 5.90. The fourth-order valence-electron chi connectivity index (χ4n) is 3.15. The van der Waals surface area contributed by atoms with Crippen molar-refractivity contribution in [3.8, 4) is 0 Å². The number of hydrogen-bond acceptors (Lipinski definition) is 0. The van der Waals surface area contributed by atoms with E-state index in [0.717, 1.165) is 0 Å². The predicted molar refractivity (Wildman–Crippen MR) is 84.8 cm³/mol. The second kappa shape index (κ2) is 5.05. The van der Waals surface area contributed by atoms with E-state index in [9.17, 15) is 0 Å². The molecule has 0 amide bonds. The number of benzene rings is 3. The summed E-state index contributed by atoms with van der Waals surface area (Å²) in [7, 11) is 0. The van der Waals surface area contributed by atoms with Gasteiger partial charge in [0, 0.05) is 0 Å². The van der Waals surface area contributed by atoms with Gasteiger partial charge in [-0.05, 0) is 45.9 Å². The van der Waals surface area contributed by atoms with Crippen LogP contribution < -0.4 is 0 Å². The molecule has 0 N–H and O–H groups in total. The Labute approximate surface area is 115 Å². The Morgan fingerprint density at radius 3 is 2.00 bits per heavy atom. The van der Waals surface area contributed by atoms with Crippen LogP contribution in [0.25, 0.3) is 21.5 Å². The third-order valence-electron chi connectivity index (χ3n) is 4.23. The van der Waals surface area contributed by atoms with Gasteiger partial charge < -0.3 is 0 Å². The lowest BCUT2D eigenvalue weighted by atomic mass is 9.87. The van der Waals surface area contributed by atoms with Crippen LogP contribution in [0.3, 0.4) is 0 Å². The average Bonchev–Trinajstić information content (AvgIpc) is 2.48. The zero-order valence-corrected chi connectivity index (χ0v) is 11.7. The van der Waals surface area contributed by atoms with E-state index < -0.39 is 0 Å². The third-order valence-corrected chi connectivity index (χ3v) is 4.23. The molecule has 0 heteroatoms. The lowest BCUT2D eigenvalue weighted by Crippen LogP contribution is -1.97. The van der Waals surface area contributed by atoms with Crippen molar-refractivity contribution in [3.63, 3.8) is 0 Å². The van der Waals surface area contributed by atoms with Gasteiger partial charge in [-0.3, -0.25) is 0 Å². The highest BCUT2D eigenvalue weighted by molar-refractivity contribution is 6.09. The van der Waals surface area contributed by atoms with Gasteiger partial charge in [0.05, 0.1) is 0 Å². The first-order valence-electron chi connectivity index (χ1n) is 7.25. The second-order valence-corrected chi connectivity index (χ2v) is 5.25. The number of rotatable bonds is 3. The molecule has 3 aromatic rings. The number of hydrogen-bond donors (Lipinski definition) is 0. The van der Waals surface area contributed by atoms with Crippen molar-refractivity contribution in [2.75, 3.05) is 0 Å². The molecule has 0 heterocycles. The summed E-state index contributed by atoms with van der Waals surface area (Å²) in [6, 6.07) is 19.9. The summed E-state index contributed by atoms with van der Waals surface area (Å²) in [5.41, 5.74) is 1.51. The van der Waals surface area contributed by atoms with Gasteiger partial charge in [0.1, 0.15) is 0 Å². The lowest BCUT2D eigenvalue weighted by molar-refractivity contribution is 0.647. The van der Waals surface area contributed by atoms with E-state index in [1.807, 2.05) is 0 Å². The average molecular weight is 248 g/mol. The molecule has 0 nitrogen and oxygen atoms in total. The smallest absolute Gasteiger partial charge is 0.0103 e. The third kappa shape index (κ3) is 2.02. The molecule has 3 aromatic carbocycles. The molecule has 96 valence electrons. The summed E-state index contributed by atoms with van der Waals surface area (Å²) in [5.74, 6) is 0.662. The standard InChI is InChI=1S/C19H20/c1-3-14(4-2)19-13-15-9-5-6-10-16(15)17-11-7-8-12-18(17)19/h5-14H,3-4H2,1-2H3. The van der Waals surface area contributed by atoms with E-state index in [-0.39, 0.29) is 0 Å². The van der Waals surface area contributed by atoms with E-state index >= 15 is 0 Å². The van der Waals surface area contributed by atoms with Gasteiger partial charge in [0.2, 0.25) is 0 Å². The maximum absolute atomic E-state index is 2.40. The molecular formula is C19H20. The van der Waals surface area contributed by atoms with Gasteiger partial charge in [-0.25, -0.2) is 0 Å². The molecule has 0 fully saturated rings. The summed E-state index contributed by atoms with van der Waals surface area (Å²) < 4.78 is 0. The Kier molecular flexibility index (Phi) is 3.25. The molecule has 3 rings (SSSR count). The van der Waals surface area contributed by atoms with Crippen molar-refractivity contribution in [1.29, 1.82) is 0 Å². The van der Waals surface area contributed by atoms with Gasteiger partial charge in [-0.15, -0.1) is 0 Å². The molecule has 0 radical (unpaired) electrons. The summed E-state index contributed by atoms with van der Waals surface area (Å²) in [4.78, 5) is 0. The maximum Gasteiger partial charge on any atom is -0.0103 e. The molecule has 0 atom stereocenters. The first-order valence-corrected chi connectivity index (χ1v) is 7.25. The van der Waals surface area contributed by atoms with E-state index in [4.69, 9.17) is 0 Å². The van der Waals surface area contributed by atoms with Crippen LogP contribution in [0.2, 0.25) is 0 Å². The summed E-state index contributed by atoms with van der Waals surface area (Å²) in [6.07, 6.45) is 2.41. The fourth-order valence-corrected chi connectivity index (χ4v) is 3.15. The first-order chi connectivity index (χ1) is 9.35. The summed E-state index contributed by atoms with van der Waals surface area (Å²) in [6.45, 7) is 4.58. The van der Waals surface area contributed by atoms with Crippen LogP contribution in [0.1, 0.15) is 38.2 Å². The minimum absolute atomic E-state index is 0.662. The van der Waals surface area contributed by atoms with Crippen molar-refractivity contribution in [2.24, 2.45) is 0 Å². The molecule has 0 aliphatic carbocycles. The molecule has 0 saturated carbocycles. The monoisotopic (exact) mass is 248 g/mol. The molecule has 0 saturated heterocycles. The van der Waals surface area contributed by atoms with E-state index in [0.29, 0.717) is 5.92 Å². The highest BCUT2D eigenvalue weighted by atomic mass is 14.2. The molecular weight excluding hydrogens is 228 g/mol. The van der Waals surface area contributed by atoms with Gasteiger partial charge in [-0.2, -0.15) is 0 Å². The van der Waals surface area contributed by atoms with Crippen LogP contribution in [0.5, 0.6) is 0 Å². The highest BCUT2D eigenvalue weighted by Crippen LogP contribution is 2.35. The summed E-state index contributed by atoms with van der Waals surface area (Å²) in [5, 5.41) is 5.55. The number of fused-ring (bicyclic) bond motifs is 3. The van der Waals surface area contributed by atoms with Crippen molar-refractivity contribution >= 4 is 21.5 Å². The second-order valence-electron chi connectivity index (χ2n) is 5.25. The SMILES string of the molecule is CCC(CC)c1cc2ccccc2c2ccccc12. The minimum Gasteiger partial charge on any atom is -0.0648 e. The zero-order chi connectivity index (χ0) is 13.2. The van der Waals surface area contributed by atoms with Crippen LogP contribution in [0.15, 0.2) is 54.6 Å². The molecule has 0 aliphatic heterocycles. The van der Waals surface area contributed by atoms with E-state index in [1.165, 1.54) is 39.9 Å². The Hall–Kier alpha value is -1.82. The van der Waals surface area contributed by atoms with Gasteiger partial charge in [0.15, 0.2) is 0 Å². The molecule has 19 heavy (non-hydrogen) atoms. The topological polar surface area (TPSA) is 0 Å². The minimum atomic E-state index is 0.662. The van der Waals surface area contributed by atoms with Crippen LogP contribution in [0, 0.1) is 0 Å². The maximum atomic E-state index is 2.40. The zero-order valence-electron chi connectivity index (χ0n) is 11.7. The van der Waals surface area contributed by atoms with Crippen molar-refractivity contribution in [3.05, 3.63) is 60.2 Å². The van der Waals surface area contributed by atoms with Crippen molar-refractivity contribution < 1.29 is 0 Å². The highest BCUT2D eigenvalue weighted by Gasteiger charge is 2.12. The van der Waals surface area contributed by atoms with Gasteiger partial charge in [-0.1, -0.05) is 68.4 Å².